The average Bonchev–Trinajstić information content (AvgIpc) is 2.49. The maximum absolute atomic E-state index is 12.2. The number of ether oxygens (including phenoxy) is 1. The third-order valence-electron chi connectivity index (χ3n) is 2.84. The van der Waals surface area contributed by atoms with Crippen LogP contribution in [0.2, 0.25) is 5.02 Å². The Labute approximate surface area is 132 Å². The van der Waals surface area contributed by atoms with Crippen LogP contribution in [0.25, 0.3) is 0 Å². The van der Waals surface area contributed by atoms with Gasteiger partial charge in [-0.15, -0.1) is 0 Å². The van der Waals surface area contributed by atoms with Crippen LogP contribution in [-0.4, -0.2) is 21.5 Å². The Morgan fingerprint density at radius 1 is 1.18 bits per heavy atom. The minimum atomic E-state index is -3.80. The Kier molecular flexibility index (Phi) is 4.58. The van der Waals surface area contributed by atoms with Crippen LogP contribution in [0.15, 0.2) is 47.4 Å². The van der Waals surface area contributed by atoms with E-state index in [-0.39, 0.29) is 9.92 Å². The van der Waals surface area contributed by atoms with Crippen molar-refractivity contribution in [2.75, 3.05) is 17.6 Å². The lowest BCUT2D eigenvalue weighted by Gasteiger charge is -2.09. The van der Waals surface area contributed by atoms with E-state index < -0.39 is 16.0 Å². The summed E-state index contributed by atoms with van der Waals surface area (Å²) in [5.74, 6) is -0.500. The lowest BCUT2D eigenvalue weighted by atomic mass is 10.2. The molecule has 0 amide bonds. The lowest BCUT2D eigenvalue weighted by molar-refractivity contribution is 0.0601. The van der Waals surface area contributed by atoms with E-state index in [9.17, 15) is 13.2 Å². The van der Waals surface area contributed by atoms with Crippen molar-refractivity contribution in [1.82, 2.24) is 0 Å². The van der Waals surface area contributed by atoms with Gasteiger partial charge >= 0.3 is 5.97 Å². The quantitative estimate of drug-likeness (QED) is 0.658. The molecule has 0 bridgehead atoms. The number of nitrogens with one attached hydrogen (secondary N) is 1. The molecule has 0 heterocycles. The number of carbonyl (C=O) groups excluding carboxylic acids is 1. The number of rotatable bonds is 4. The Hall–Kier alpha value is -2.25. The van der Waals surface area contributed by atoms with E-state index in [1.165, 1.54) is 49.6 Å². The van der Waals surface area contributed by atoms with Gasteiger partial charge in [-0.3, -0.25) is 4.72 Å². The Bertz CT molecular complexity index is 804. The Morgan fingerprint density at radius 3 is 2.36 bits per heavy atom. The standard InChI is InChI=1S/C14H13ClN2O4S/c1-21-14(18)9-2-4-10(5-3-9)17-22(19,20)11-6-7-13(16)12(15)8-11/h2-8,17H,16H2,1H3. The summed E-state index contributed by atoms with van der Waals surface area (Å²) < 4.78 is 31.4. The number of nitrogens with two attached hydrogens (primary N) is 1. The number of benzene rings is 2. The van der Waals surface area contributed by atoms with Gasteiger partial charge in [0.15, 0.2) is 0 Å². The van der Waals surface area contributed by atoms with Crippen molar-refractivity contribution in [3.63, 3.8) is 0 Å². The number of carbonyl (C=O) groups is 1. The van der Waals surface area contributed by atoms with Crippen LogP contribution in [0.3, 0.4) is 0 Å². The van der Waals surface area contributed by atoms with Gasteiger partial charge in [0.05, 0.1) is 28.3 Å². The number of hydrogen-bond acceptors (Lipinski definition) is 5. The van der Waals surface area contributed by atoms with E-state index in [1.54, 1.807) is 0 Å². The number of hydrogen-bond donors (Lipinski definition) is 2. The molecule has 0 saturated carbocycles. The maximum atomic E-state index is 12.2. The second-order valence-electron chi connectivity index (χ2n) is 4.36. The van der Waals surface area contributed by atoms with Crippen LogP contribution >= 0.6 is 11.6 Å². The highest BCUT2D eigenvalue weighted by atomic mass is 35.5. The van der Waals surface area contributed by atoms with Gasteiger partial charge in [0.25, 0.3) is 10.0 Å². The molecule has 8 heteroatoms. The summed E-state index contributed by atoms with van der Waals surface area (Å²) in [5, 5.41) is 0.156. The summed E-state index contributed by atoms with van der Waals surface area (Å²) in [7, 11) is -2.53. The molecule has 0 unspecified atom stereocenters. The first-order chi connectivity index (χ1) is 10.3. The van der Waals surface area contributed by atoms with Crippen molar-refractivity contribution in [2.45, 2.75) is 4.90 Å². The van der Waals surface area contributed by atoms with E-state index in [4.69, 9.17) is 17.3 Å². The number of methoxy groups -OCH3 is 1. The molecule has 0 saturated heterocycles. The molecule has 0 atom stereocenters. The molecular weight excluding hydrogens is 328 g/mol. The second kappa shape index (κ2) is 6.25. The number of sulfonamides is 1. The van der Waals surface area contributed by atoms with E-state index in [2.05, 4.69) is 9.46 Å². The van der Waals surface area contributed by atoms with E-state index in [0.29, 0.717) is 16.9 Å². The van der Waals surface area contributed by atoms with Crippen molar-refractivity contribution >= 4 is 39.0 Å². The SMILES string of the molecule is COC(=O)c1ccc(NS(=O)(=O)c2ccc(N)c(Cl)c2)cc1. The third-order valence-corrected chi connectivity index (χ3v) is 4.55. The summed E-state index contributed by atoms with van der Waals surface area (Å²) in [6.07, 6.45) is 0. The van der Waals surface area contributed by atoms with Crippen molar-refractivity contribution in [3.8, 4) is 0 Å². The fraction of sp³-hybridized carbons (Fsp3) is 0.0714. The van der Waals surface area contributed by atoms with Gasteiger partial charge in [-0.1, -0.05) is 11.6 Å². The van der Waals surface area contributed by atoms with Crippen LogP contribution in [0.4, 0.5) is 11.4 Å². The van der Waals surface area contributed by atoms with Gasteiger partial charge in [0, 0.05) is 5.69 Å². The second-order valence-corrected chi connectivity index (χ2v) is 6.45. The molecule has 2 aromatic carbocycles. The number of halogens is 1. The largest absolute Gasteiger partial charge is 0.465 e. The van der Waals surface area contributed by atoms with Crippen LogP contribution in [0.1, 0.15) is 10.4 Å². The maximum Gasteiger partial charge on any atom is 0.337 e. The normalized spacial score (nSPS) is 11.0. The summed E-state index contributed by atoms with van der Waals surface area (Å²) >= 11 is 5.83. The smallest absolute Gasteiger partial charge is 0.337 e. The Morgan fingerprint density at radius 2 is 1.82 bits per heavy atom. The van der Waals surface area contributed by atoms with Gasteiger partial charge in [-0.05, 0) is 42.5 Å². The summed E-state index contributed by atoms with van der Waals surface area (Å²) in [6, 6.07) is 9.87. The number of anilines is 2. The van der Waals surface area contributed by atoms with E-state index in [0.717, 1.165) is 0 Å². The Balaban J connectivity index is 2.25. The lowest BCUT2D eigenvalue weighted by Crippen LogP contribution is -2.13. The van der Waals surface area contributed by atoms with Crippen LogP contribution in [-0.2, 0) is 14.8 Å². The van der Waals surface area contributed by atoms with E-state index >= 15 is 0 Å². The highest BCUT2D eigenvalue weighted by Crippen LogP contribution is 2.24. The van der Waals surface area contributed by atoms with Crippen LogP contribution in [0.5, 0.6) is 0 Å². The van der Waals surface area contributed by atoms with Crippen molar-refractivity contribution in [3.05, 3.63) is 53.1 Å². The molecule has 2 aromatic rings. The fourth-order valence-corrected chi connectivity index (χ4v) is 3.01. The van der Waals surface area contributed by atoms with Crippen molar-refractivity contribution in [1.29, 1.82) is 0 Å². The van der Waals surface area contributed by atoms with Gasteiger partial charge in [-0.2, -0.15) is 0 Å². The number of nitrogen functional groups attached to an aromatic ring is 1. The molecule has 2 rings (SSSR count). The molecule has 3 N–H and O–H groups in total. The molecule has 0 radical (unpaired) electrons. The highest BCUT2D eigenvalue weighted by molar-refractivity contribution is 7.92. The summed E-state index contributed by atoms with van der Waals surface area (Å²) in [6.45, 7) is 0. The number of esters is 1. The minimum absolute atomic E-state index is 0.0104. The van der Waals surface area contributed by atoms with Gasteiger partial charge in [-0.25, -0.2) is 13.2 Å². The first-order valence-corrected chi connectivity index (χ1v) is 7.96. The molecule has 0 fully saturated rings. The molecule has 0 aliphatic rings. The molecule has 116 valence electrons. The van der Waals surface area contributed by atoms with Crippen molar-refractivity contribution in [2.24, 2.45) is 0 Å². The monoisotopic (exact) mass is 340 g/mol. The third kappa shape index (κ3) is 3.49. The fourth-order valence-electron chi connectivity index (χ4n) is 1.68. The highest BCUT2D eigenvalue weighted by Gasteiger charge is 2.16. The minimum Gasteiger partial charge on any atom is -0.465 e. The predicted molar refractivity (Wildman–Crippen MR) is 84.5 cm³/mol. The molecule has 0 spiro atoms. The first kappa shape index (κ1) is 16.1. The van der Waals surface area contributed by atoms with E-state index in [1.807, 2.05) is 0 Å². The molecule has 6 nitrogen and oxygen atoms in total. The summed E-state index contributed by atoms with van der Waals surface area (Å²) in [5.41, 5.74) is 6.47. The molecule has 0 aliphatic heterocycles. The zero-order valence-electron chi connectivity index (χ0n) is 11.5. The predicted octanol–water partition coefficient (Wildman–Crippen LogP) is 2.51. The molecule has 0 aliphatic carbocycles. The van der Waals surface area contributed by atoms with Gasteiger partial charge < -0.3 is 10.5 Å². The van der Waals surface area contributed by atoms with Crippen molar-refractivity contribution < 1.29 is 17.9 Å². The van der Waals surface area contributed by atoms with Gasteiger partial charge in [0.1, 0.15) is 0 Å². The average molecular weight is 341 g/mol. The van der Waals surface area contributed by atoms with Crippen LogP contribution < -0.4 is 10.5 Å². The molecule has 22 heavy (non-hydrogen) atoms. The van der Waals surface area contributed by atoms with Crippen LogP contribution in [0, 0.1) is 0 Å². The first-order valence-electron chi connectivity index (χ1n) is 6.10. The zero-order chi connectivity index (χ0) is 16.3. The summed E-state index contributed by atoms with van der Waals surface area (Å²) in [4.78, 5) is 11.3. The molecule has 0 aromatic heterocycles. The molecular formula is C14H13ClN2O4S. The topological polar surface area (TPSA) is 98.5 Å². The zero-order valence-corrected chi connectivity index (χ0v) is 13.1. The van der Waals surface area contributed by atoms with Gasteiger partial charge in [0.2, 0.25) is 0 Å².